The van der Waals surface area contributed by atoms with E-state index in [2.05, 4.69) is 13.6 Å². The van der Waals surface area contributed by atoms with Crippen LogP contribution in [0.1, 0.15) is 31.9 Å². The van der Waals surface area contributed by atoms with Crippen molar-refractivity contribution < 1.29 is 20.0 Å². The molecular formula is C22H25ClN2O3. The zero-order chi connectivity index (χ0) is 20.9. The Bertz CT molecular complexity index is 984. The van der Waals surface area contributed by atoms with Crippen LogP contribution in [0, 0.1) is 23.8 Å². The molecule has 1 aromatic rings. The number of nitrogens with two attached hydrogens (primary N) is 1. The van der Waals surface area contributed by atoms with Crippen molar-refractivity contribution in [3.63, 3.8) is 0 Å². The molecule has 6 heteroatoms. The summed E-state index contributed by atoms with van der Waals surface area (Å²) in [5.74, 6) is -1.35. The first-order valence-electron chi connectivity index (χ1n) is 9.30. The molecule has 0 aromatic heterocycles. The second-order valence-electron chi connectivity index (χ2n) is 8.77. The molecule has 0 unspecified atom stereocenters. The van der Waals surface area contributed by atoms with Gasteiger partial charge in [0.15, 0.2) is 11.1 Å². The van der Waals surface area contributed by atoms with Gasteiger partial charge in [-0.2, -0.15) is 7.05 Å². The summed E-state index contributed by atoms with van der Waals surface area (Å²) in [5, 5.41) is 14.0. The highest BCUT2D eigenvalue weighted by Crippen LogP contribution is 2.64. The number of amides is 1. The van der Waals surface area contributed by atoms with Gasteiger partial charge in [-0.05, 0) is 13.0 Å². The molecule has 0 spiro atoms. The summed E-state index contributed by atoms with van der Waals surface area (Å²) in [7, 11) is 5.66. The molecule has 1 heterocycles. The standard InChI is InChI=1S/C22H25ClN2O3/c1-7-20(4)15(23)11-13-17(26)21(20,24-5)12-9-8-10-14-16(12)22(28,19(13,2)3)18(27)25(14)6/h7-11,13,28H,1,5,24H2,2-4,6H3/t13-,20+,21+,22-/m0/s1. The summed E-state index contributed by atoms with van der Waals surface area (Å²) in [4.78, 5) is 28.8. The summed E-state index contributed by atoms with van der Waals surface area (Å²) >= 11 is 6.76. The second kappa shape index (κ2) is 5.35. The Morgan fingerprint density at radius 2 is 1.96 bits per heavy atom. The average molecular weight is 401 g/mol. The van der Waals surface area contributed by atoms with E-state index in [0.29, 0.717) is 21.8 Å². The number of Topliss-reactive ketones (excluding diaryl/α,β-unsaturated/α-hetero) is 1. The lowest BCUT2D eigenvalue weighted by Crippen LogP contribution is -2.96. The van der Waals surface area contributed by atoms with Gasteiger partial charge in [0.25, 0.3) is 5.91 Å². The molecule has 0 radical (unpaired) electrons. The number of carbonyl (C=O) groups is 2. The van der Waals surface area contributed by atoms with Crippen molar-refractivity contribution >= 4 is 29.0 Å². The first-order chi connectivity index (χ1) is 13.0. The first kappa shape index (κ1) is 19.4. The molecule has 0 fully saturated rings. The topological polar surface area (TPSA) is 74.2 Å². The van der Waals surface area contributed by atoms with Gasteiger partial charge in [-0.1, -0.05) is 49.7 Å². The minimum atomic E-state index is -1.86. The van der Waals surface area contributed by atoms with Crippen LogP contribution in [0.5, 0.6) is 0 Å². The van der Waals surface area contributed by atoms with Crippen LogP contribution in [-0.4, -0.2) is 23.8 Å². The predicted molar refractivity (Wildman–Crippen MR) is 107 cm³/mol. The lowest BCUT2D eigenvalue weighted by Gasteiger charge is -2.50. The van der Waals surface area contributed by atoms with Crippen LogP contribution in [0.15, 0.2) is 42.0 Å². The molecule has 0 saturated carbocycles. The number of anilines is 1. The van der Waals surface area contributed by atoms with E-state index < -0.39 is 33.8 Å². The Balaban J connectivity index is 2.29. The van der Waals surface area contributed by atoms with Crippen molar-refractivity contribution in [3.05, 3.63) is 60.1 Å². The van der Waals surface area contributed by atoms with E-state index in [-0.39, 0.29) is 5.78 Å². The fourth-order valence-corrected chi connectivity index (χ4v) is 5.88. The van der Waals surface area contributed by atoms with Gasteiger partial charge in [-0.3, -0.25) is 9.59 Å². The second-order valence-corrected chi connectivity index (χ2v) is 9.18. The van der Waals surface area contributed by atoms with Gasteiger partial charge in [-0.15, -0.1) is 6.58 Å². The van der Waals surface area contributed by atoms with Gasteiger partial charge >= 0.3 is 0 Å². The number of allylic oxidation sites excluding steroid dienone is 1. The summed E-state index contributed by atoms with van der Waals surface area (Å²) in [6.45, 7) is 9.32. The minimum absolute atomic E-state index is 0.133. The summed E-state index contributed by atoms with van der Waals surface area (Å²) < 4.78 is 0. The van der Waals surface area contributed by atoms with E-state index in [0.717, 1.165) is 0 Å². The molecule has 2 bridgehead atoms. The number of rotatable bonds is 2. The number of likely N-dealkylation sites (N-methyl/N-ethyl adjacent to an activating group) is 1. The number of ketones is 1. The van der Waals surface area contributed by atoms with Gasteiger partial charge in [-0.25, -0.2) is 0 Å². The van der Waals surface area contributed by atoms with Crippen molar-refractivity contribution in [2.75, 3.05) is 11.9 Å². The highest BCUT2D eigenvalue weighted by molar-refractivity contribution is 6.31. The van der Waals surface area contributed by atoms with Gasteiger partial charge in [0, 0.05) is 28.6 Å². The van der Waals surface area contributed by atoms with Crippen LogP contribution in [0.25, 0.3) is 0 Å². The molecule has 1 aromatic carbocycles. The Hall–Kier alpha value is -1.95. The van der Waals surface area contributed by atoms with E-state index >= 15 is 0 Å². The SMILES string of the molecule is C=C[C@]1(C)C(Cl)=C[C@H]2C(=O)[C@]1([NH2+][CH2-])c1cccc3c1[C@](O)(C(=O)N3C)C2(C)C. The van der Waals surface area contributed by atoms with E-state index in [9.17, 15) is 14.7 Å². The van der Waals surface area contributed by atoms with E-state index in [4.69, 9.17) is 11.6 Å². The van der Waals surface area contributed by atoms with E-state index in [1.807, 2.05) is 6.92 Å². The zero-order valence-electron chi connectivity index (χ0n) is 16.5. The molecule has 148 valence electrons. The largest absolute Gasteiger partial charge is 0.463 e. The Kier molecular flexibility index (Phi) is 3.70. The van der Waals surface area contributed by atoms with Crippen LogP contribution >= 0.6 is 11.6 Å². The van der Waals surface area contributed by atoms with Crippen molar-refractivity contribution in [1.29, 1.82) is 0 Å². The van der Waals surface area contributed by atoms with E-state index in [1.54, 1.807) is 56.6 Å². The normalized spacial score (nSPS) is 38.0. The van der Waals surface area contributed by atoms with Crippen LogP contribution in [0.2, 0.25) is 0 Å². The number of hydrogen-bond acceptors (Lipinski definition) is 3. The number of halogens is 1. The molecule has 3 N–H and O–H groups in total. The fraction of sp³-hybridized carbons (Fsp3) is 0.409. The minimum Gasteiger partial charge on any atom is -0.463 e. The summed E-state index contributed by atoms with van der Waals surface area (Å²) in [6, 6.07) is 5.39. The predicted octanol–water partition coefficient (Wildman–Crippen LogP) is 1.95. The molecule has 1 amide bonds. The third kappa shape index (κ3) is 1.65. The van der Waals surface area contributed by atoms with Crippen molar-refractivity contribution in [2.45, 2.75) is 31.9 Å². The van der Waals surface area contributed by atoms with E-state index in [1.165, 1.54) is 4.90 Å². The Morgan fingerprint density at radius 1 is 1.32 bits per heavy atom. The Morgan fingerprint density at radius 3 is 2.54 bits per heavy atom. The maximum atomic E-state index is 14.0. The molecule has 4 rings (SSSR count). The molecular weight excluding hydrogens is 376 g/mol. The van der Waals surface area contributed by atoms with Crippen molar-refractivity contribution in [3.8, 4) is 0 Å². The first-order valence-corrected chi connectivity index (χ1v) is 9.68. The van der Waals surface area contributed by atoms with Crippen LogP contribution in [-0.2, 0) is 20.7 Å². The van der Waals surface area contributed by atoms with Crippen molar-refractivity contribution in [1.82, 2.24) is 0 Å². The molecule has 28 heavy (non-hydrogen) atoms. The molecule has 2 aliphatic carbocycles. The third-order valence-electron chi connectivity index (χ3n) is 7.53. The van der Waals surface area contributed by atoms with Crippen LogP contribution in [0.3, 0.4) is 0 Å². The van der Waals surface area contributed by atoms with Crippen LogP contribution in [0.4, 0.5) is 5.69 Å². The van der Waals surface area contributed by atoms with Gasteiger partial charge < -0.3 is 15.3 Å². The van der Waals surface area contributed by atoms with Crippen molar-refractivity contribution in [2.24, 2.45) is 16.7 Å². The Labute approximate surface area is 170 Å². The smallest absolute Gasteiger partial charge is 0.264 e. The number of hydrogen-bond donors (Lipinski definition) is 2. The van der Waals surface area contributed by atoms with Gasteiger partial charge in [0.1, 0.15) is 0 Å². The number of aliphatic hydroxyl groups is 1. The lowest BCUT2D eigenvalue weighted by molar-refractivity contribution is -0.682. The third-order valence-corrected chi connectivity index (χ3v) is 8.05. The lowest BCUT2D eigenvalue weighted by atomic mass is 9.56. The molecule has 1 aliphatic heterocycles. The molecule has 3 aliphatic rings. The fourth-order valence-electron chi connectivity index (χ4n) is 5.52. The molecule has 5 nitrogen and oxygen atoms in total. The zero-order valence-corrected chi connectivity index (χ0v) is 17.3. The summed E-state index contributed by atoms with van der Waals surface area (Å²) in [6.07, 6.45) is 3.35. The number of fused-ring (bicyclic) bond motifs is 3. The maximum absolute atomic E-state index is 14.0. The van der Waals surface area contributed by atoms with Crippen LogP contribution < -0.4 is 10.2 Å². The highest BCUT2D eigenvalue weighted by Gasteiger charge is 2.73. The average Bonchev–Trinajstić information content (AvgIpc) is 2.86. The number of benzene rings is 1. The molecule has 0 saturated heterocycles. The molecule has 4 atom stereocenters. The highest BCUT2D eigenvalue weighted by atomic mass is 35.5. The van der Waals surface area contributed by atoms with Gasteiger partial charge in [0.05, 0.1) is 17.0 Å². The number of carbonyl (C=O) groups excluding carboxylic acids is 2. The number of nitrogens with zero attached hydrogens (tertiary/aromatic N) is 1. The van der Waals surface area contributed by atoms with Gasteiger partial charge in [0.2, 0.25) is 5.78 Å². The quantitative estimate of drug-likeness (QED) is 0.588. The summed E-state index contributed by atoms with van der Waals surface area (Å²) in [5.41, 5.74) is -3.55. The maximum Gasteiger partial charge on any atom is 0.264 e. The number of quaternary nitrogens is 1. The monoisotopic (exact) mass is 400 g/mol.